The summed E-state index contributed by atoms with van der Waals surface area (Å²) in [4.78, 5) is 9.95. The number of pyridine rings is 1. The van der Waals surface area contributed by atoms with Gasteiger partial charge in [0.25, 0.3) is 0 Å². The number of piperidine rings is 1. The third-order valence-electron chi connectivity index (χ3n) is 8.36. The third kappa shape index (κ3) is 6.10. The molecule has 0 spiro atoms. The number of aromatic nitrogens is 1. The van der Waals surface area contributed by atoms with E-state index in [-0.39, 0.29) is 5.54 Å². The number of anilines is 1. The zero-order valence-electron chi connectivity index (χ0n) is 23.8. The predicted octanol–water partition coefficient (Wildman–Crippen LogP) is 6.21. The number of hydrogen-bond acceptors (Lipinski definition) is 7. The lowest BCUT2D eigenvalue weighted by atomic mass is 9.80. The molecule has 0 unspecified atom stereocenters. The second-order valence-electron chi connectivity index (χ2n) is 11.7. The first-order valence-electron chi connectivity index (χ1n) is 14.2. The minimum absolute atomic E-state index is 0.0795. The van der Waals surface area contributed by atoms with E-state index in [1.54, 1.807) is 7.11 Å². The maximum absolute atomic E-state index is 6.25. The highest BCUT2D eigenvalue weighted by Gasteiger charge is 2.32. The van der Waals surface area contributed by atoms with Crippen LogP contribution in [0.15, 0.2) is 34.7 Å². The van der Waals surface area contributed by atoms with Gasteiger partial charge in [0, 0.05) is 29.2 Å². The van der Waals surface area contributed by atoms with Crippen molar-refractivity contribution in [2.45, 2.75) is 58.4 Å². The zero-order valence-corrected chi connectivity index (χ0v) is 23.8. The number of furan rings is 1. The smallest absolute Gasteiger partial charge is 0.163 e. The average Bonchev–Trinajstić information content (AvgIpc) is 3.58. The maximum atomic E-state index is 6.25. The van der Waals surface area contributed by atoms with Crippen molar-refractivity contribution in [3.63, 3.8) is 0 Å². The van der Waals surface area contributed by atoms with E-state index in [0.29, 0.717) is 12.5 Å². The van der Waals surface area contributed by atoms with Gasteiger partial charge >= 0.3 is 0 Å². The predicted molar refractivity (Wildman–Crippen MR) is 154 cm³/mol. The topological polar surface area (TPSA) is 63.0 Å². The van der Waals surface area contributed by atoms with Crippen LogP contribution in [-0.4, -0.2) is 73.8 Å². The molecule has 2 aromatic heterocycles. The molecule has 1 N–H and O–H groups in total. The van der Waals surface area contributed by atoms with Crippen molar-refractivity contribution in [3.05, 3.63) is 36.1 Å². The molecule has 206 valence electrons. The van der Waals surface area contributed by atoms with Crippen LogP contribution in [-0.2, 0) is 0 Å². The van der Waals surface area contributed by atoms with E-state index in [0.717, 1.165) is 71.4 Å². The monoisotopic (exact) mass is 520 g/mol. The van der Waals surface area contributed by atoms with E-state index in [2.05, 4.69) is 48.1 Å². The lowest BCUT2D eigenvalue weighted by molar-refractivity contribution is 0.176. The molecule has 0 bridgehead atoms. The molecule has 4 heterocycles. The summed E-state index contributed by atoms with van der Waals surface area (Å²) >= 11 is 0. The fourth-order valence-corrected chi connectivity index (χ4v) is 5.96. The molecule has 38 heavy (non-hydrogen) atoms. The number of fused-ring (bicyclic) bond motifs is 1. The second kappa shape index (κ2) is 11.5. The van der Waals surface area contributed by atoms with Crippen LogP contribution >= 0.6 is 0 Å². The molecule has 0 radical (unpaired) electrons. The van der Waals surface area contributed by atoms with Crippen molar-refractivity contribution < 1.29 is 13.9 Å². The molecule has 0 amide bonds. The molecule has 2 fully saturated rings. The first kappa shape index (κ1) is 26.8. The Morgan fingerprint density at radius 3 is 2.50 bits per heavy atom. The second-order valence-corrected chi connectivity index (χ2v) is 11.7. The summed E-state index contributed by atoms with van der Waals surface area (Å²) in [5, 5.41) is 4.94. The number of likely N-dealkylation sites (tertiary alicyclic amines) is 2. The molecule has 5 rings (SSSR count). The van der Waals surface area contributed by atoms with Gasteiger partial charge in [0.15, 0.2) is 17.3 Å². The van der Waals surface area contributed by atoms with Crippen molar-refractivity contribution in [3.8, 4) is 23.0 Å². The summed E-state index contributed by atoms with van der Waals surface area (Å²) in [6.07, 6.45) is 5.99. The highest BCUT2D eigenvalue weighted by Crippen LogP contribution is 2.40. The zero-order chi connectivity index (χ0) is 26.7. The molecule has 3 aromatic rings. The molecular formula is C31H44N4O3. The van der Waals surface area contributed by atoms with Crippen LogP contribution in [0.25, 0.3) is 22.4 Å². The van der Waals surface area contributed by atoms with Gasteiger partial charge in [0.1, 0.15) is 11.5 Å². The molecule has 2 aliphatic rings. The maximum Gasteiger partial charge on any atom is 0.163 e. The van der Waals surface area contributed by atoms with Crippen molar-refractivity contribution in [1.82, 2.24) is 14.8 Å². The number of methoxy groups -OCH3 is 1. The van der Waals surface area contributed by atoms with Gasteiger partial charge in [-0.2, -0.15) is 0 Å². The van der Waals surface area contributed by atoms with Crippen molar-refractivity contribution in [1.29, 1.82) is 0 Å². The van der Waals surface area contributed by atoms with E-state index in [1.807, 2.05) is 25.1 Å². The van der Waals surface area contributed by atoms with Gasteiger partial charge in [-0.15, -0.1) is 0 Å². The number of nitrogens with one attached hydrogen (secondary N) is 1. The summed E-state index contributed by atoms with van der Waals surface area (Å²) in [7, 11) is 3.92. The van der Waals surface area contributed by atoms with Gasteiger partial charge in [-0.1, -0.05) is 0 Å². The summed E-state index contributed by atoms with van der Waals surface area (Å²) in [5.41, 5.74) is 2.65. The van der Waals surface area contributed by atoms with Crippen LogP contribution in [0.2, 0.25) is 0 Å². The van der Waals surface area contributed by atoms with Crippen LogP contribution in [0, 0.1) is 12.8 Å². The van der Waals surface area contributed by atoms with Gasteiger partial charge in [-0.25, -0.2) is 4.98 Å². The molecule has 7 nitrogen and oxygen atoms in total. The highest BCUT2D eigenvalue weighted by atomic mass is 16.5. The number of benzene rings is 1. The molecule has 2 saturated heterocycles. The van der Waals surface area contributed by atoms with Crippen LogP contribution in [0.3, 0.4) is 0 Å². The summed E-state index contributed by atoms with van der Waals surface area (Å²) in [6.45, 7) is 13.0. The molecule has 0 saturated carbocycles. The molecule has 1 aromatic carbocycles. The minimum Gasteiger partial charge on any atom is -0.493 e. The average molecular weight is 521 g/mol. The first-order chi connectivity index (χ1) is 18.3. The standard InChI is InChI=1S/C31H44N4O3/c1-22-9-10-28(38-22)27-20-26(33-31(2,3)23-11-16-34(4)17-12-23)24-19-29(36-5)30(21-25(24)32-27)37-18-8-15-35-13-6-7-14-35/h9-10,19-21,23H,6-8,11-18H2,1-5H3,(H,32,33). The Morgan fingerprint density at radius 2 is 1.82 bits per heavy atom. The van der Waals surface area contributed by atoms with Gasteiger partial charge in [-0.3, -0.25) is 0 Å². The lowest BCUT2D eigenvalue weighted by Gasteiger charge is -2.41. The van der Waals surface area contributed by atoms with Crippen molar-refractivity contribution in [2.24, 2.45) is 5.92 Å². The van der Waals surface area contributed by atoms with Crippen molar-refractivity contribution >= 4 is 16.6 Å². The largest absolute Gasteiger partial charge is 0.493 e. The Bertz CT molecular complexity index is 1220. The van der Waals surface area contributed by atoms with E-state index < -0.39 is 0 Å². The van der Waals surface area contributed by atoms with E-state index in [1.165, 1.54) is 38.8 Å². The van der Waals surface area contributed by atoms with Gasteiger partial charge in [0.2, 0.25) is 0 Å². The van der Waals surface area contributed by atoms with Crippen LogP contribution in [0.4, 0.5) is 5.69 Å². The number of nitrogens with zero attached hydrogens (tertiary/aromatic N) is 3. The quantitative estimate of drug-likeness (QED) is 0.319. The van der Waals surface area contributed by atoms with Crippen LogP contribution < -0.4 is 14.8 Å². The molecule has 7 heteroatoms. The SMILES string of the molecule is COc1cc2c(NC(C)(C)C3CCN(C)CC3)cc(-c3ccc(C)o3)nc2cc1OCCCN1CCCC1. The highest BCUT2D eigenvalue weighted by molar-refractivity contribution is 5.96. The minimum atomic E-state index is -0.0795. The number of rotatable bonds is 10. The Labute approximate surface area is 227 Å². The normalized spacial score (nSPS) is 17.8. The Balaban J connectivity index is 1.45. The molecule has 0 aliphatic carbocycles. The molecule has 2 aliphatic heterocycles. The number of ether oxygens (including phenoxy) is 2. The van der Waals surface area contributed by atoms with Gasteiger partial charge in [-0.05, 0) is 116 Å². The number of aryl methyl sites for hydroxylation is 1. The Morgan fingerprint density at radius 1 is 1.05 bits per heavy atom. The summed E-state index contributed by atoms with van der Waals surface area (Å²) in [6, 6.07) is 10.2. The first-order valence-corrected chi connectivity index (χ1v) is 14.2. The third-order valence-corrected chi connectivity index (χ3v) is 8.36. The van der Waals surface area contributed by atoms with E-state index in [4.69, 9.17) is 18.9 Å². The Hall–Kier alpha value is -2.77. The number of hydrogen-bond donors (Lipinski definition) is 1. The van der Waals surface area contributed by atoms with Crippen LogP contribution in [0.1, 0.15) is 51.7 Å². The molecular weight excluding hydrogens is 476 g/mol. The Kier molecular flexibility index (Phi) is 8.15. The fraction of sp³-hybridized carbons (Fsp3) is 0.581. The molecule has 0 atom stereocenters. The summed E-state index contributed by atoms with van der Waals surface area (Å²) < 4.78 is 18.0. The van der Waals surface area contributed by atoms with E-state index >= 15 is 0 Å². The van der Waals surface area contributed by atoms with Crippen LogP contribution in [0.5, 0.6) is 11.5 Å². The lowest BCUT2D eigenvalue weighted by Crippen LogP contribution is -2.45. The van der Waals surface area contributed by atoms with Gasteiger partial charge in [0.05, 0.1) is 19.2 Å². The summed E-state index contributed by atoms with van der Waals surface area (Å²) in [5.74, 6) is 3.70. The van der Waals surface area contributed by atoms with Gasteiger partial charge < -0.3 is 29.0 Å². The van der Waals surface area contributed by atoms with Crippen molar-refractivity contribution in [2.75, 3.05) is 58.8 Å². The fourth-order valence-electron chi connectivity index (χ4n) is 5.96. The van der Waals surface area contributed by atoms with E-state index in [9.17, 15) is 0 Å².